The van der Waals surface area contributed by atoms with Crippen molar-refractivity contribution in [2.45, 2.75) is 12.5 Å². The first-order valence-corrected chi connectivity index (χ1v) is 5.63. The van der Waals surface area contributed by atoms with Crippen molar-refractivity contribution in [3.05, 3.63) is 35.5 Å². The molecular weight excluding hydrogens is 275 g/mol. The number of phenolic OH excluding ortho intramolecular Hbond substituents is 1. The lowest BCUT2D eigenvalue weighted by Crippen LogP contribution is -2.08. The molecule has 0 fully saturated rings. The minimum Gasteiger partial charge on any atom is -0.507 e. The number of nitrogens with zero attached hydrogens (tertiary/aromatic N) is 1. The normalized spacial score (nSPS) is 12.3. The lowest BCUT2D eigenvalue weighted by Gasteiger charge is -2.16. The minimum absolute atomic E-state index is 0.129. The van der Waals surface area contributed by atoms with Crippen molar-refractivity contribution in [1.82, 2.24) is 4.98 Å². The van der Waals surface area contributed by atoms with Crippen molar-refractivity contribution in [3.8, 4) is 5.75 Å². The number of halogens is 3. The smallest absolute Gasteiger partial charge is 0.420 e. The van der Waals surface area contributed by atoms with Crippen molar-refractivity contribution in [2.24, 2.45) is 0 Å². The number of methoxy groups -OCH3 is 2. The van der Waals surface area contributed by atoms with Crippen LogP contribution in [0.5, 0.6) is 5.75 Å². The number of phenols is 1. The number of ether oxygens (including phenoxy) is 2. The Labute approximate surface area is 112 Å². The molecule has 0 amide bonds. The van der Waals surface area contributed by atoms with Crippen LogP contribution in [0.4, 0.5) is 13.2 Å². The van der Waals surface area contributed by atoms with E-state index in [4.69, 9.17) is 9.47 Å². The second-order valence-electron chi connectivity index (χ2n) is 4.10. The molecule has 0 saturated carbocycles. The Hall–Kier alpha value is -1.86. The van der Waals surface area contributed by atoms with E-state index < -0.39 is 23.8 Å². The topological polar surface area (TPSA) is 51.6 Å². The molecule has 108 valence electrons. The summed E-state index contributed by atoms with van der Waals surface area (Å²) in [6.45, 7) is 0. The highest BCUT2D eigenvalue weighted by molar-refractivity contribution is 5.85. The van der Waals surface area contributed by atoms with Gasteiger partial charge in [-0.2, -0.15) is 13.2 Å². The third-order valence-electron chi connectivity index (χ3n) is 2.85. The molecule has 0 saturated heterocycles. The third kappa shape index (κ3) is 2.54. The molecule has 0 aliphatic carbocycles. The zero-order chi connectivity index (χ0) is 14.9. The van der Waals surface area contributed by atoms with E-state index in [2.05, 4.69) is 4.98 Å². The van der Waals surface area contributed by atoms with Crippen LogP contribution in [0.25, 0.3) is 10.9 Å². The van der Waals surface area contributed by atoms with E-state index >= 15 is 0 Å². The van der Waals surface area contributed by atoms with Gasteiger partial charge in [-0.15, -0.1) is 0 Å². The van der Waals surface area contributed by atoms with E-state index in [-0.39, 0.29) is 10.9 Å². The summed E-state index contributed by atoms with van der Waals surface area (Å²) >= 11 is 0. The van der Waals surface area contributed by atoms with E-state index in [0.29, 0.717) is 5.56 Å². The number of hydrogen-bond acceptors (Lipinski definition) is 4. The number of aromatic hydroxyl groups is 1. The number of aromatic nitrogens is 1. The average molecular weight is 287 g/mol. The van der Waals surface area contributed by atoms with Crippen molar-refractivity contribution < 1.29 is 27.8 Å². The molecule has 2 aromatic rings. The fraction of sp³-hybridized carbons (Fsp3) is 0.308. The van der Waals surface area contributed by atoms with Gasteiger partial charge in [-0.3, -0.25) is 4.98 Å². The highest BCUT2D eigenvalue weighted by Gasteiger charge is 2.36. The van der Waals surface area contributed by atoms with Crippen molar-refractivity contribution in [1.29, 1.82) is 0 Å². The maximum absolute atomic E-state index is 13.0. The minimum atomic E-state index is -4.68. The maximum Gasteiger partial charge on any atom is 0.420 e. The second kappa shape index (κ2) is 5.26. The summed E-state index contributed by atoms with van der Waals surface area (Å²) in [5.74, 6) is -0.838. The van der Waals surface area contributed by atoms with Crippen LogP contribution in [0.1, 0.15) is 17.4 Å². The zero-order valence-corrected chi connectivity index (χ0v) is 10.7. The molecule has 1 aromatic heterocycles. The van der Waals surface area contributed by atoms with Gasteiger partial charge < -0.3 is 14.6 Å². The monoisotopic (exact) mass is 287 g/mol. The van der Waals surface area contributed by atoms with Crippen LogP contribution in [-0.2, 0) is 15.7 Å². The van der Waals surface area contributed by atoms with Crippen LogP contribution < -0.4 is 0 Å². The fourth-order valence-electron chi connectivity index (χ4n) is 2.00. The highest BCUT2D eigenvalue weighted by atomic mass is 19.4. The largest absolute Gasteiger partial charge is 0.507 e. The zero-order valence-electron chi connectivity index (χ0n) is 10.7. The van der Waals surface area contributed by atoms with Crippen LogP contribution in [0.15, 0.2) is 24.4 Å². The average Bonchev–Trinajstić information content (AvgIpc) is 2.38. The summed E-state index contributed by atoms with van der Waals surface area (Å²) < 4.78 is 49.0. The lowest BCUT2D eigenvalue weighted by atomic mass is 10.0. The molecule has 0 unspecified atom stereocenters. The Kier molecular flexibility index (Phi) is 3.82. The molecule has 7 heteroatoms. The van der Waals surface area contributed by atoms with Crippen LogP contribution >= 0.6 is 0 Å². The number of rotatable bonds is 3. The summed E-state index contributed by atoms with van der Waals surface area (Å²) in [5.41, 5.74) is -0.654. The molecule has 20 heavy (non-hydrogen) atoms. The summed E-state index contributed by atoms with van der Waals surface area (Å²) in [6.07, 6.45) is -4.13. The molecule has 0 spiro atoms. The van der Waals surface area contributed by atoms with E-state index in [1.54, 1.807) is 0 Å². The van der Waals surface area contributed by atoms with Gasteiger partial charge in [0.05, 0.1) is 5.52 Å². The van der Waals surface area contributed by atoms with Crippen molar-refractivity contribution in [3.63, 3.8) is 0 Å². The van der Waals surface area contributed by atoms with E-state index in [1.165, 1.54) is 32.5 Å². The molecule has 0 aliphatic rings. The SMILES string of the molecule is COC(OC)c1cnc2ccc(O)c(C(F)(F)F)c2c1. The molecule has 0 bridgehead atoms. The van der Waals surface area contributed by atoms with E-state index in [1.807, 2.05) is 0 Å². The van der Waals surface area contributed by atoms with Crippen molar-refractivity contribution in [2.75, 3.05) is 14.2 Å². The van der Waals surface area contributed by atoms with Gasteiger partial charge in [-0.1, -0.05) is 0 Å². The quantitative estimate of drug-likeness (QED) is 0.880. The predicted octanol–water partition coefficient (Wildman–Crippen LogP) is 3.25. The first-order chi connectivity index (χ1) is 9.38. The standard InChI is InChI=1S/C13H12F3NO3/c1-19-12(20-2)7-5-8-9(17-6-7)3-4-10(18)11(8)13(14,15)16/h3-6,12,18H,1-2H3. The molecule has 1 N–H and O–H groups in total. The van der Waals surface area contributed by atoms with Gasteiger partial charge in [0, 0.05) is 31.4 Å². The van der Waals surface area contributed by atoms with Gasteiger partial charge >= 0.3 is 6.18 Å². The Balaban J connectivity index is 2.71. The van der Waals surface area contributed by atoms with Crippen molar-refractivity contribution >= 4 is 10.9 Å². The van der Waals surface area contributed by atoms with Gasteiger partial charge in [0.1, 0.15) is 11.3 Å². The van der Waals surface area contributed by atoms with Gasteiger partial charge in [-0.05, 0) is 18.2 Å². The van der Waals surface area contributed by atoms with Gasteiger partial charge in [0.25, 0.3) is 0 Å². The molecule has 0 radical (unpaired) electrons. The third-order valence-corrected chi connectivity index (χ3v) is 2.85. The molecule has 2 rings (SSSR count). The Bertz CT molecular complexity index is 624. The highest BCUT2D eigenvalue weighted by Crippen LogP contribution is 2.40. The van der Waals surface area contributed by atoms with Crippen LogP contribution in [0.3, 0.4) is 0 Å². The van der Waals surface area contributed by atoms with Gasteiger partial charge in [0.15, 0.2) is 6.29 Å². The Morgan fingerprint density at radius 1 is 1.20 bits per heavy atom. The summed E-state index contributed by atoms with van der Waals surface area (Å²) in [4.78, 5) is 3.94. The van der Waals surface area contributed by atoms with Gasteiger partial charge in [-0.25, -0.2) is 0 Å². The molecule has 4 nitrogen and oxygen atoms in total. The summed E-state index contributed by atoms with van der Waals surface area (Å²) in [5, 5.41) is 9.28. The Morgan fingerprint density at radius 2 is 1.85 bits per heavy atom. The van der Waals surface area contributed by atoms with Crippen LogP contribution in [-0.4, -0.2) is 24.3 Å². The fourth-order valence-corrected chi connectivity index (χ4v) is 2.00. The summed E-state index contributed by atoms with van der Waals surface area (Å²) in [7, 11) is 2.73. The first-order valence-electron chi connectivity index (χ1n) is 5.63. The molecule has 1 aromatic carbocycles. The predicted molar refractivity (Wildman–Crippen MR) is 65.2 cm³/mol. The first kappa shape index (κ1) is 14.5. The molecule has 0 atom stereocenters. The number of hydrogen-bond donors (Lipinski definition) is 1. The van der Waals surface area contributed by atoms with Crippen LogP contribution in [0.2, 0.25) is 0 Å². The molecule has 0 aliphatic heterocycles. The number of alkyl halides is 3. The summed E-state index contributed by atoms with van der Waals surface area (Å²) in [6, 6.07) is 3.54. The maximum atomic E-state index is 13.0. The lowest BCUT2D eigenvalue weighted by molar-refractivity contribution is -0.137. The number of pyridine rings is 1. The number of fused-ring (bicyclic) bond motifs is 1. The van der Waals surface area contributed by atoms with Gasteiger partial charge in [0.2, 0.25) is 0 Å². The van der Waals surface area contributed by atoms with Crippen LogP contribution in [0, 0.1) is 0 Å². The van der Waals surface area contributed by atoms with E-state index in [9.17, 15) is 18.3 Å². The second-order valence-corrected chi connectivity index (χ2v) is 4.10. The molecular formula is C13H12F3NO3. The molecule has 1 heterocycles. The Morgan fingerprint density at radius 3 is 2.40 bits per heavy atom. The number of benzene rings is 1. The van der Waals surface area contributed by atoms with E-state index in [0.717, 1.165) is 6.07 Å².